The minimum absolute atomic E-state index is 0.0173. The van der Waals surface area contributed by atoms with Crippen molar-refractivity contribution in [2.75, 3.05) is 0 Å². The topological polar surface area (TPSA) is 129 Å². The van der Waals surface area contributed by atoms with Crippen LogP contribution in [0.3, 0.4) is 0 Å². The SMILES string of the molecule is [SeH]c1c(-c2ccc(-c3ccc4ccccc4c3)cc2)cccc1-c1nc(-c2ccccc2)nc(-c2ccccc2)n1.[SeH]c1c(-c2cccc(-c3ccc4ccccc4c3)c2)cccc1-c1nc(-c2ccccc2)nc(-c2cccc3oc4ccccc4c23)n1.c1ccc2cc(-c3nc(-c4ccc5ccccc5c4)nc(-c4cccc5c4[se]c4c(-c6cc7ccccc7c7ccccc67)cccc45)n3)ccc2c1. The van der Waals surface area contributed by atoms with E-state index in [0.29, 0.717) is 52.4 Å². The molecule has 5 heterocycles. The maximum atomic E-state index is 6.22. The standard InChI is InChI=1S/C49H29N3Se.C43H27N3OSe.C37H25N3Se/c1-3-13-32-27-35(25-23-30(32)11-1)47-50-48(36-26-24-31-12-2-4-14-33(31)28-36)52-49(51-47)43-22-10-20-41-40-19-9-21-42(45(40)53-46(41)43)44-29-34-15-5-6-16-37(34)38-17-7-8-18-39(38)44;48-40-33(32-16-8-15-30(26-32)31-24-23-27-11-4-5-14-29(27)25-31)18-9-20-36(40)43-45-41(28-12-2-1-3-13-28)44-42(46-43)35-19-10-22-38-39(35)34-17-6-7-21-37(34)47-38;41-34-32(27-21-18-26(19-22-27)31-23-20-25-10-7-8-15-30(25)24-31)16-9-17-33(34)37-39-35(28-11-3-1-4-12-28)38-36(40-37)29-13-5-2-6-14-29/h1-29H;1-26,48H;1-24,41H. The van der Waals surface area contributed by atoms with Gasteiger partial charge in [0.2, 0.25) is 0 Å². The van der Waals surface area contributed by atoms with Gasteiger partial charge in [0.1, 0.15) is 0 Å². The van der Waals surface area contributed by atoms with Crippen molar-refractivity contribution in [2.24, 2.45) is 0 Å². The Kier molecular flexibility index (Phi) is 22.9. The van der Waals surface area contributed by atoms with E-state index in [1.807, 2.05) is 121 Å². The fraction of sp³-hybridized carbons (Fsp3) is 0. The number of furan rings is 1. The van der Waals surface area contributed by atoms with E-state index in [2.05, 4.69) is 390 Å². The van der Waals surface area contributed by atoms with E-state index in [0.717, 1.165) is 114 Å². The fourth-order valence-electron chi connectivity index (χ4n) is 19.5. The van der Waals surface area contributed by atoms with Crippen LogP contribution >= 0.6 is 0 Å². The summed E-state index contributed by atoms with van der Waals surface area (Å²) in [6.07, 6.45) is 0. The summed E-state index contributed by atoms with van der Waals surface area (Å²) in [5.41, 5.74) is 22.2. The van der Waals surface area contributed by atoms with Gasteiger partial charge < -0.3 is 0 Å². The minimum atomic E-state index is 0.0173. The van der Waals surface area contributed by atoms with E-state index < -0.39 is 0 Å². The summed E-state index contributed by atoms with van der Waals surface area (Å²) in [6.45, 7) is 0. The zero-order valence-electron chi connectivity index (χ0n) is 76.3. The van der Waals surface area contributed by atoms with Crippen LogP contribution in [0.5, 0.6) is 0 Å². The molecule has 0 radical (unpaired) electrons. The van der Waals surface area contributed by atoms with Crippen molar-refractivity contribution in [3.8, 4) is 158 Å². The van der Waals surface area contributed by atoms with E-state index in [4.69, 9.17) is 49.3 Å². The Morgan fingerprint density at radius 1 is 0.155 bits per heavy atom. The molecule has 142 heavy (non-hydrogen) atoms. The van der Waals surface area contributed by atoms with Crippen LogP contribution in [-0.4, -0.2) is 91.4 Å². The molecule has 22 aromatic carbocycles. The third kappa shape index (κ3) is 16.7. The molecule has 0 atom stereocenters. The molecule has 0 aliphatic rings. The number of nitrogens with zero attached hydrogens (tertiary/aromatic N) is 9. The monoisotopic (exact) mass is 2010 g/mol. The number of hydrogen-bond acceptors (Lipinski definition) is 10. The summed E-state index contributed by atoms with van der Waals surface area (Å²) in [5, 5.41) is 19.4. The number of benzene rings is 22. The first-order valence-corrected chi connectivity index (χ1v) is 50.8. The summed E-state index contributed by atoms with van der Waals surface area (Å²) in [5.74, 6) is 5.87. The molecular weight excluding hydrogens is 1930 g/mol. The Morgan fingerprint density at radius 2 is 0.458 bits per heavy atom. The Balaban J connectivity index is 0.000000113. The van der Waals surface area contributed by atoms with E-state index in [1.54, 1.807) is 0 Å². The van der Waals surface area contributed by atoms with E-state index in [1.165, 1.54) is 107 Å². The van der Waals surface area contributed by atoms with Crippen LogP contribution in [-0.2, 0) is 0 Å². The van der Waals surface area contributed by atoms with Crippen molar-refractivity contribution in [2.45, 2.75) is 0 Å². The molecule has 10 nitrogen and oxygen atoms in total. The van der Waals surface area contributed by atoms with E-state index >= 15 is 0 Å². The zero-order valence-corrected chi connectivity index (χ0v) is 81.8. The van der Waals surface area contributed by atoms with Crippen molar-refractivity contribution in [1.29, 1.82) is 0 Å². The van der Waals surface area contributed by atoms with Crippen molar-refractivity contribution < 1.29 is 4.42 Å². The van der Waals surface area contributed by atoms with Crippen LogP contribution in [0.1, 0.15) is 0 Å². The second-order valence-electron chi connectivity index (χ2n) is 35.3. The first-order valence-electron chi connectivity index (χ1n) is 47.2. The molecule has 13 heteroatoms. The molecular formula is C129H81N9OSe3. The second-order valence-corrected chi connectivity index (χ2v) is 39.3. The van der Waals surface area contributed by atoms with Crippen LogP contribution in [0.25, 0.3) is 264 Å². The molecule has 27 rings (SSSR count). The molecule has 27 aromatic rings. The molecule has 0 fully saturated rings. The first-order chi connectivity index (χ1) is 70.2. The van der Waals surface area contributed by atoms with Crippen molar-refractivity contribution in [3.05, 3.63) is 479 Å². The molecule has 0 amide bonds. The second kappa shape index (κ2) is 37.6. The van der Waals surface area contributed by atoms with Gasteiger partial charge in [-0.1, -0.05) is 0 Å². The Bertz CT molecular complexity index is 9460. The summed E-state index contributed by atoms with van der Waals surface area (Å²) >= 11 is 5.52. The number of hydrogen-bond donors (Lipinski definition) is 0. The molecule has 0 saturated carbocycles. The predicted octanol–water partition coefficient (Wildman–Crippen LogP) is 30.2. The average Bonchev–Trinajstić information content (AvgIpc) is 1.54. The average molecular weight is 2010 g/mol. The van der Waals surface area contributed by atoms with E-state index in [-0.39, 0.29) is 14.5 Å². The predicted molar refractivity (Wildman–Crippen MR) is 593 cm³/mol. The summed E-state index contributed by atoms with van der Waals surface area (Å²) in [4.78, 5) is 45.6. The summed E-state index contributed by atoms with van der Waals surface area (Å²) < 4.78 is 11.1. The Morgan fingerprint density at radius 3 is 0.986 bits per heavy atom. The molecule has 0 unspecified atom stereocenters. The van der Waals surface area contributed by atoms with Crippen molar-refractivity contribution >= 4 is 161 Å². The van der Waals surface area contributed by atoms with Gasteiger partial charge in [0.05, 0.1) is 0 Å². The maximum absolute atomic E-state index is 6.22. The van der Waals surface area contributed by atoms with Gasteiger partial charge in [0.25, 0.3) is 0 Å². The van der Waals surface area contributed by atoms with Crippen LogP contribution < -0.4 is 8.92 Å². The van der Waals surface area contributed by atoms with Crippen LogP contribution in [0.4, 0.5) is 0 Å². The number of rotatable bonds is 14. The zero-order chi connectivity index (χ0) is 94.5. The first kappa shape index (κ1) is 86.4. The van der Waals surface area contributed by atoms with Gasteiger partial charge in [0.15, 0.2) is 0 Å². The normalized spacial score (nSPS) is 11.5. The van der Waals surface area contributed by atoms with Gasteiger partial charge >= 0.3 is 848 Å². The van der Waals surface area contributed by atoms with Gasteiger partial charge in [-0.25, -0.2) is 0 Å². The van der Waals surface area contributed by atoms with Crippen LogP contribution in [0.2, 0.25) is 0 Å². The Hall–Kier alpha value is -17.2. The van der Waals surface area contributed by atoms with Gasteiger partial charge in [-0.2, -0.15) is 0 Å². The van der Waals surface area contributed by atoms with Crippen molar-refractivity contribution in [1.82, 2.24) is 44.9 Å². The van der Waals surface area contributed by atoms with Gasteiger partial charge in [-0.05, 0) is 0 Å². The van der Waals surface area contributed by atoms with Gasteiger partial charge in [-0.3, -0.25) is 0 Å². The third-order valence-electron chi connectivity index (χ3n) is 26.6. The van der Waals surface area contributed by atoms with Crippen molar-refractivity contribution in [3.63, 3.8) is 0 Å². The molecule has 0 aliphatic carbocycles. The van der Waals surface area contributed by atoms with Gasteiger partial charge in [-0.15, -0.1) is 0 Å². The van der Waals surface area contributed by atoms with Crippen LogP contribution in [0, 0.1) is 0 Å². The van der Waals surface area contributed by atoms with Crippen LogP contribution in [0.15, 0.2) is 484 Å². The molecule has 0 spiro atoms. The Labute approximate surface area is 841 Å². The molecule has 0 aliphatic heterocycles. The molecule has 666 valence electrons. The number of fused-ring (bicyclic) bond motifs is 13. The number of para-hydroxylation sites is 1. The molecule has 5 aromatic heterocycles. The van der Waals surface area contributed by atoms with E-state index in [9.17, 15) is 0 Å². The number of aromatic nitrogens is 9. The van der Waals surface area contributed by atoms with Gasteiger partial charge in [0, 0.05) is 0 Å². The summed E-state index contributed by atoms with van der Waals surface area (Å²) in [7, 11) is 0. The quantitative estimate of drug-likeness (QED) is 0.0766. The molecule has 0 N–H and O–H groups in total. The molecule has 0 bridgehead atoms. The fourth-order valence-corrected chi connectivity index (χ4v) is 23.9. The molecule has 0 saturated heterocycles. The summed E-state index contributed by atoms with van der Waals surface area (Å²) in [6, 6.07) is 168. The third-order valence-corrected chi connectivity index (χ3v) is 31.3.